The van der Waals surface area contributed by atoms with Crippen molar-refractivity contribution in [1.29, 1.82) is 0 Å². The summed E-state index contributed by atoms with van der Waals surface area (Å²) in [6.45, 7) is 0.442. The average molecular weight is 167 g/mol. The fraction of sp³-hybridized carbons (Fsp3) is 0.429. The minimum absolute atomic E-state index is 0.442. The van der Waals surface area contributed by atoms with Gasteiger partial charge in [0.2, 0.25) is 0 Å². The van der Waals surface area contributed by atoms with Gasteiger partial charge in [-0.2, -0.15) is 11.8 Å². The normalized spacial score (nSPS) is 15.0. The standard InChI is InChI=1S/C7H9N3S/c8-1-7-9-2-5-3-11-4-6(5)10-7/h2H,1,3-4,8H2. The van der Waals surface area contributed by atoms with E-state index in [4.69, 9.17) is 5.73 Å². The Morgan fingerprint density at radius 2 is 2.45 bits per heavy atom. The van der Waals surface area contributed by atoms with Crippen LogP contribution < -0.4 is 5.73 Å². The highest BCUT2D eigenvalue weighted by molar-refractivity contribution is 7.98. The molecule has 0 radical (unpaired) electrons. The van der Waals surface area contributed by atoms with Gasteiger partial charge in [-0.15, -0.1) is 0 Å². The molecule has 58 valence electrons. The van der Waals surface area contributed by atoms with Crippen molar-refractivity contribution in [2.24, 2.45) is 5.73 Å². The van der Waals surface area contributed by atoms with Crippen molar-refractivity contribution in [3.63, 3.8) is 0 Å². The topological polar surface area (TPSA) is 51.8 Å². The molecule has 1 aliphatic heterocycles. The summed E-state index contributed by atoms with van der Waals surface area (Å²) >= 11 is 1.88. The molecule has 11 heavy (non-hydrogen) atoms. The molecule has 2 N–H and O–H groups in total. The molecule has 2 heterocycles. The summed E-state index contributed by atoms with van der Waals surface area (Å²) in [5, 5.41) is 0. The highest BCUT2D eigenvalue weighted by Gasteiger charge is 2.12. The van der Waals surface area contributed by atoms with E-state index in [0.29, 0.717) is 6.54 Å². The quantitative estimate of drug-likeness (QED) is 0.668. The first-order valence-corrected chi connectivity index (χ1v) is 4.67. The molecule has 0 atom stereocenters. The monoisotopic (exact) mass is 167 g/mol. The minimum atomic E-state index is 0.442. The van der Waals surface area contributed by atoms with Crippen LogP contribution in [-0.4, -0.2) is 9.97 Å². The van der Waals surface area contributed by atoms with Crippen LogP contribution in [-0.2, 0) is 18.1 Å². The number of rotatable bonds is 1. The molecule has 0 saturated carbocycles. The van der Waals surface area contributed by atoms with Gasteiger partial charge in [-0.1, -0.05) is 0 Å². The lowest BCUT2D eigenvalue weighted by Crippen LogP contribution is -2.04. The zero-order chi connectivity index (χ0) is 7.68. The van der Waals surface area contributed by atoms with Gasteiger partial charge in [-0.25, -0.2) is 9.97 Å². The predicted octanol–water partition coefficient (Wildman–Crippen LogP) is 0.682. The number of fused-ring (bicyclic) bond motifs is 1. The fourth-order valence-electron chi connectivity index (χ4n) is 1.08. The molecule has 3 nitrogen and oxygen atoms in total. The van der Waals surface area contributed by atoms with Crippen molar-refractivity contribution in [2.45, 2.75) is 18.1 Å². The lowest BCUT2D eigenvalue weighted by atomic mass is 10.3. The summed E-state index contributed by atoms with van der Waals surface area (Å²) in [7, 11) is 0. The van der Waals surface area contributed by atoms with Crippen molar-refractivity contribution in [3.8, 4) is 0 Å². The lowest BCUT2D eigenvalue weighted by molar-refractivity contribution is 0.881. The molecule has 0 bridgehead atoms. The molecule has 1 aliphatic rings. The maximum absolute atomic E-state index is 5.41. The Kier molecular flexibility index (Phi) is 1.79. The zero-order valence-electron chi connectivity index (χ0n) is 6.08. The number of aromatic nitrogens is 2. The van der Waals surface area contributed by atoms with E-state index in [1.54, 1.807) is 0 Å². The van der Waals surface area contributed by atoms with Gasteiger partial charge in [-0.05, 0) is 0 Å². The van der Waals surface area contributed by atoms with Gasteiger partial charge in [0.05, 0.1) is 12.2 Å². The third-order valence-corrected chi connectivity index (χ3v) is 2.68. The van der Waals surface area contributed by atoms with Crippen molar-refractivity contribution in [3.05, 3.63) is 23.3 Å². The molecule has 0 amide bonds. The van der Waals surface area contributed by atoms with E-state index in [-0.39, 0.29) is 0 Å². The molecule has 1 aromatic rings. The molecule has 0 fully saturated rings. The minimum Gasteiger partial charge on any atom is -0.324 e. The molecule has 0 unspecified atom stereocenters. The van der Waals surface area contributed by atoms with E-state index in [0.717, 1.165) is 17.3 Å². The fourth-order valence-corrected chi connectivity index (χ4v) is 2.09. The van der Waals surface area contributed by atoms with Gasteiger partial charge in [-0.3, -0.25) is 0 Å². The van der Waals surface area contributed by atoms with E-state index >= 15 is 0 Å². The third-order valence-electron chi connectivity index (χ3n) is 1.68. The molecule has 4 heteroatoms. The lowest BCUT2D eigenvalue weighted by Gasteiger charge is -1.98. The van der Waals surface area contributed by atoms with Gasteiger partial charge >= 0.3 is 0 Å². The van der Waals surface area contributed by atoms with Crippen molar-refractivity contribution >= 4 is 11.8 Å². The molecule has 0 saturated heterocycles. The number of hydrogen-bond acceptors (Lipinski definition) is 4. The molecule has 2 rings (SSSR count). The van der Waals surface area contributed by atoms with Crippen LogP contribution in [0.5, 0.6) is 0 Å². The Morgan fingerprint density at radius 3 is 3.27 bits per heavy atom. The van der Waals surface area contributed by atoms with Gasteiger partial charge < -0.3 is 5.73 Å². The smallest absolute Gasteiger partial charge is 0.142 e. The molecule has 0 aromatic carbocycles. The zero-order valence-corrected chi connectivity index (χ0v) is 6.90. The van der Waals surface area contributed by atoms with Crippen LogP contribution >= 0.6 is 11.8 Å². The van der Waals surface area contributed by atoms with Crippen LogP contribution in [0.4, 0.5) is 0 Å². The summed E-state index contributed by atoms with van der Waals surface area (Å²) in [5.41, 5.74) is 7.85. The van der Waals surface area contributed by atoms with E-state index in [1.807, 2.05) is 18.0 Å². The largest absolute Gasteiger partial charge is 0.324 e. The second-order valence-electron chi connectivity index (χ2n) is 2.46. The van der Waals surface area contributed by atoms with Crippen LogP contribution in [0.15, 0.2) is 6.20 Å². The maximum atomic E-state index is 5.41. The van der Waals surface area contributed by atoms with Gasteiger partial charge in [0.15, 0.2) is 0 Å². The Bertz CT molecular complexity index is 274. The molecular weight excluding hydrogens is 158 g/mol. The number of nitrogens with zero attached hydrogens (tertiary/aromatic N) is 2. The van der Waals surface area contributed by atoms with E-state index in [1.165, 1.54) is 11.3 Å². The van der Waals surface area contributed by atoms with Gasteiger partial charge in [0.1, 0.15) is 5.82 Å². The number of hydrogen-bond donors (Lipinski definition) is 1. The Balaban J connectivity index is 2.41. The van der Waals surface area contributed by atoms with E-state index < -0.39 is 0 Å². The van der Waals surface area contributed by atoms with Crippen LogP contribution in [0.25, 0.3) is 0 Å². The Morgan fingerprint density at radius 1 is 1.55 bits per heavy atom. The van der Waals surface area contributed by atoms with Crippen molar-refractivity contribution in [1.82, 2.24) is 9.97 Å². The highest BCUT2D eigenvalue weighted by atomic mass is 32.2. The second kappa shape index (κ2) is 2.79. The summed E-state index contributed by atoms with van der Waals surface area (Å²) < 4.78 is 0. The van der Waals surface area contributed by atoms with Crippen LogP contribution in [0.3, 0.4) is 0 Å². The summed E-state index contributed by atoms with van der Waals surface area (Å²) in [4.78, 5) is 8.43. The Labute approximate surface area is 69.4 Å². The van der Waals surface area contributed by atoms with Crippen molar-refractivity contribution in [2.75, 3.05) is 0 Å². The van der Waals surface area contributed by atoms with E-state index in [2.05, 4.69) is 9.97 Å². The van der Waals surface area contributed by atoms with Crippen molar-refractivity contribution < 1.29 is 0 Å². The number of nitrogens with two attached hydrogens (primary N) is 1. The first-order chi connectivity index (χ1) is 5.40. The Hall–Kier alpha value is -0.610. The van der Waals surface area contributed by atoms with Gasteiger partial charge in [0, 0.05) is 23.3 Å². The number of thioether (sulfide) groups is 1. The molecule has 0 aliphatic carbocycles. The maximum Gasteiger partial charge on any atom is 0.142 e. The van der Waals surface area contributed by atoms with E-state index in [9.17, 15) is 0 Å². The first kappa shape index (κ1) is 7.06. The average Bonchev–Trinajstić information content (AvgIpc) is 2.50. The highest BCUT2D eigenvalue weighted by Crippen LogP contribution is 2.27. The van der Waals surface area contributed by atoms with Crippen LogP contribution in [0.1, 0.15) is 17.1 Å². The first-order valence-electron chi connectivity index (χ1n) is 3.51. The summed E-state index contributed by atoms with van der Waals surface area (Å²) in [5.74, 6) is 2.83. The SMILES string of the molecule is NCc1ncc2c(n1)CSC2. The predicted molar refractivity (Wildman–Crippen MR) is 44.9 cm³/mol. The summed E-state index contributed by atoms with van der Waals surface area (Å²) in [6.07, 6.45) is 1.89. The van der Waals surface area contributed by atoms with Gasteiger partial charge in [0.25, 0.3) is 0 Å². The van der Waals surface area contributed by atoms with Crippen LogP contribution in [0, 0.1) is 0 Å². The van der Waals surface area contributed by atoms with Crippen LogP contribution in [0.2, 0.25) is 0 Å². The molecular formula is C7H9N3S. The molecule has 0 spiro atoms. The molecule has 1 aromatic heterocycles. The third kappa shape index (κ3) is 1.23. The second-order valence-corrected chi connectivity index (χ2v) is 3.44. The summed E-state index contributed by atoms with van der Waals surface area (Å²) in [6, 6.07) is 0.